The number of aliphatic hydroxyl groups is 3. The minimum Gasteiger partial charge on any atom is -0.481 e. The molecular formula is C90H144O9. The van der Waals surface area contributed by atoms with Crippen LogP contribution in [-0.4, -0.2) is 66.9 Å². The van der Waals surface area contributed by atoms with Crippen LogP contribution in [0.2, 0.25) is 0 Å². The van der Waals surface area contributed by atoms with E-state index in [4.69, 9.17) is 0 Å². The Balaban J connectivity index is 0.000000133. The minimum absolute atomic E-state index is 0.0202. The van der Waals surface area contributed by atoms with E-state index >= 15 is 0 Å². The first-order valence-corrected chi connectivity index (χ1v) is 41.5. The summed E-state index contributed by atoms with van der Waals surface area (Å²) in [4.78, 5) is 38.3. The molecule has 15 aliphatic rings. The van der Waals surface area contributed by atoms with Gasteiger partial charge in [-0.15, -0.1) is 0 Å². The van der Waals surface area contributed by atoms with Crippen LogP contribution in [0.25, 0.3) is 0 Å². The number of carboxylic acids is 3. The van der Waals surface area contributed by atoms with Gasteiger partial charge >= 0.3 is 17.9 Å². The highest BCUT2D eigenvalue weighted by molar-refractivity contribution is 5.77. The number of carbonyl (C=O) groups is 3. The summed E-state index contributed by atoms with van der Waals surface area (Å²) in [5.74, 6) is 5.38. The van der Waals surface area contributed by atoms with Crippen molar-refractivity contribution >= 4 is 17.9 Å². The number of fused-ring (bicyclic) bond motifs is 21. The molecule has 9 heteroatoms. The van der Waals surface area contributed by atoms with Crippen LogP contribution in [0.1, 0.15) is 317 Å². The lowest BCUT2D eigenvalue weighted by atomic mass is 9.32. The maximum absolute atomic E-state index is 12.8. The fourth-order valence-electron chi connectivity index (χ4n) is 34.5. The number of aliphatic carboxylic acids is 3. The van der Waals surface area contributed by atoms with Crippen molar-refractivity contribution in [2.45, 2.75) is 336 Å². The van der Waals surface area contributed by atoms with Gasteiger partial charge in [0.15, 0.2) is 0 Å². The minimum atomic E-state index is -0.538. The lowest BCUT2D eigenvalue weighted by molar-refractivity contribution is -0.248. The first kappa shape index (κ1) is 74.8. The Hall–Kier alpha value is -2.49. The molecule has 0 bridgehead atoms. The standard InChI is InChI=1S/3C30H48O3/c3*1-18(2)19-10-15-30(25(32)33)17-16-28(6)20(24(19)30)8-9-22-27(5)13-12-23(31)26(3,4)21(27)11-14-29(22,28)7/h3*19-24,31H,1,8-17H2,2-7H3,(H,32,33)/t3*19-,20+,21-,22+,23-,24+,27-,28+,29+,30-/m000/s1. The van der Waals surface area contributed by atoms with Gasteiger partial charge in [0.05, 0.1) is 34.6 Å². The van der Waals surface area contributed by atoms with E-state index < -0.39 is 34.2 Å². The molecule has 15 fully saturated rings. The molecule has 6 N–H and O–H groups in total. The summed E-state index contributed by atoms with van der Waals surface area (Å²) in [7, 11) is 0. The van der Waals surface area contributed by atoms with E-state index in [1.54, 1.807) is 0 Å². The van der Waals surface area contributed by atoms with E-state index in [2.05, 4.69) is 144 Å². The molecule has 30 atom stereocenters. The van der Waals surface area contributed by atoms with E-state index in [1.807, 2.05) is 0 Å². The van der Waals surface area contributed by atoms with Crippen LogP contribution in [0.4, 0.5) is 0 Å². The van der Waals surface area contributed by atoms with Crippen molar-refractivity contribution in [3.8, 4) is 0 Å². The lowest BCUT2D eigenvalue weighted by Gasteiger charge is -2.72. The summed E-state index contributed by atoms with van der Waals surface area (Å²) in [6.45, 7) is 56.5. The molecule has 0 aromatic heterocycles. The van der Waals surface area contributed by atoms with Crippen molar-refractivity contribution in [3.63, 3.8) is 0 Å². The zero-order valence-electron chi connectivity index (χ0n) is 66.1. The summed E-state index contributed by atoms with van der Waals surface area (Å²) in [6, 6.07) is 0. The average Bonchev–Trinajstić information content (AvgIpc) is 1.56. The number of aliphatic hydroxyl groups excluding tert-OH is 3. The summed E-state index contributed by atoms with van der Waals surface area (Å²) in [6.07, 6.45) is 31.4. The molecule has 0 heterocycles. The van der Waals surface area contributed by atoms with Gasteiger partial charge in [-0.3, -0.25) is 14.4 Å². The van der Waals surface area contributed by atoms with Crippen molar-refractivity contribution in [1.29, 1.82) is 0 Å². The second-order valence-corrected chi connectivity index (χ2v) is 43.6. The highest BCUT2D eigenvalue weighted by atomic mass is 16.4. The first-order valence-electron chi connectivity index (χ1n) is 41.5. The molecule has 0 radical (unpaired) electrons. The van der Waals surface area contributed by atoms with Crippen molar-refractivity contribution < 1.29 is 45.0 Å². The number of rotatable bonds is 6. The highest BCUT2D eigenvalue weighted by Crippen LogP contribution is 2.82. The first-order chi connectivity index (χ1) is 45.8. The van der Waals surface area contributed by atoms with Crippen LogP contribution >= 0.6 is 0 Å². The van der Waals surface area contributed by atoms with Crippen LogP contribution in [0.3, 0.4) is 0 Å². The Morgan fingerprint density at radius 1 is 0.273 bits per heavy atom. The second kappa shape index (κ2) is 23.8. The predicted molar refractivity (Wildman–Crippen MR) is 398 cm³/mol. The van der Waals surface area contributed by atoms with Crippen molar-refractivity contribution in [3.05, 3.63) is 36.5 Å². The SMILES string of the molecule is C=C(C)[C@@H]1CC[C@]2(C(=O)O)CC[C@]3(C)[C@H](CC[C@@H]4[C@@]5(C)CC[C@H](O)C(C)(C)[C@@H]5CC[C@]43C)[C@@H]12.C=C(C)[C@@H]1CC[C@]2(C(=O)O)CC[C@]3(C)[C@H](CC[C@@H]4[C@@]5(C)CC[C@H](O)C(C)(C)[C@@H]5CC[C@]43C)[C@@H]12.C=C(C)[C@@H]1CC[C@]2(C(=O)O)CC[C@]3(C)[C@H](CC[C@@H]4[C@@]5(C)CC[C@H](O)C(C)(C)[C@@H]5CC[C@]43C)[C@@H]12. The number of hydrogen-bond donors (Lipinski definition) is 6. The molecule has 15 rings (SSSR count). The van der Waals surface area contributed by atoms with Crippen molar-refractivity contribution in [2.24, 2.45) is 170 Å². The fraction of sp³-hybridized carbons (Fsp3) is 0.900. The van der Waals surface area contributed by atoms with Gasteiger partial charge in [-0.05, 0) is 367 Å². The van der Waals surface area contributed by atoms with Gasteiger partial charge in [-0.25, -0.2) is 0 Å². The molecular weight excluding hydrogens is 1220 g/mol. The summed E-state index contributed by atoms with van der Waals surface area (Å²) < 4.78 is 0. The van der Waals surface area contributed by atoms with E-state index in [0.717, 1.165) is 116 Å². The Bertz CT molecular complexity index is 2910. The van der Waals surface area contributed by atoms with Crippen LogP contribution in [0.5, 0.6) is 0 Å². The molecule has 9 nitrogen and oxygen atoms in total. The van der Waals surface area contributed by atoms with Gasteiger partial charge in [0, 0.05) is 0 Å². The summed E-state index contributed by atoms with van der Waals surface area (Å²) in [5, 5.41) is 64.1. The number of allylic oxidation sites excluding steroid dienone is 3. The Morgan fingerprint density at radius 2 is 0.505 bits per heavy atom. The highest BCUT2D eigenvalue weighted by Gasteiger charge is 2.77. The molecule has 0 spiro atoms. The van der Waals surface area contributed by atoms with Crippen LogP contribution in [0, 0.1) is 170 Å². The van der Waals surface area contributed by atoms with Crippen molar-refractivity contribution in [2.75, 3.05) is 0 Å². The number of carboxylic acid groups (broad SMARTS) is 3. The normalized spacial score (nSPS) is 55.0. The number of hydrogen-bond acceptors (Lipinski definition) is 6. The smallest absolute Gasteiger partial charge is 0.309 e. The summed E-state index contributed by atoms with van der Waals surface area (Å²) in [5.41, 5.74) is 4.06. The Kier molecular flexibility index (Phi) is 17.9. The van der Waals surface area contributed by atoms with Gasteiger partial charge in [0.1, 0.15) is 0 Å². The molecule has 15 aliphatic carbocycles. The van der Waals surface area contributed by atoms with Gasteiger partial charge < -0.3 is 30.6 Å². The maximum Gasteiger partial charge on any atom is 0.309 e. The monoisotopic (exact) mass is 1370 g/mol. The van der Waals surface area contributed by atoms with Crippen LogP contribution < -0.4 is 0 Å². The van der Waals surface area contributed by atoms with E-state index in [-0.39, 0.29) is 101 Å². The topological polar surface area (TPSA) is 173 Å². The zero-order valence-corrected chi connectivity index (χ0v) is 66.1. The Labute approximate surface area is 601 Å². The van der Waals surface area contributed by atoms with E-state index in [9.17, 15) is 45.0 Å². The van der Waals surface area contributed by atoms with Crippen molar-refractivity contribution in [1.82, 2.24) is 0 Å². The molecule has 0 unspecified atom stereocenters. The molecule has 15 saturated carbocycles. The maximum atomic E-state index is 12.8. The van der Waals surface area contributed by atoms with Crippen LogP contribution in [0.15, 0.2) is 36.5 Å². The molecule has 99 heavy (non-hydrogen) atoms. The van der Waals surface area contributed by atoms with Gasteiger partial charge in [0.25, 0.3) is 0 Å². The molecule has 0 amide bonds. The molecule has 0 aromatic carbocycles. The van der Waals surface area contributed by atoms with E-state index in [0.29, 0.717) is 71.0 Å². The van der Waals surface area contributed by atoms with Gasteiger partial charge in [0.2, 0.25) is 0 Å². The largest absolute Gasteiger partial charge is 0.481 e. The molecule has 558 valence electrons. The van der Waals surface area contributed by atoms with E-state index in [1.165, 1.54) is 93.8 Å². The summed E-state index contributed by atoms with van der Waals surface area (Å²) >= 11 is 0. The molecule has 0 aromatic rings. The third-order valence-electron chi connectivity index (χ3n) is 40.4. The van der Waals surface area contributed by atoms with Gasteiger partial charge in [-0.1, -0.05) is 140 Å². The predicted octanol–water partition coefficient (Wildman–Crippen LogP) is 21.3. The lowest BCUT2D eigenvalue weighted by Crippen LogP contribution is -2.67. The molecule has 0 aliphatic heterocycles. The zero-order chi connectivity index (χ0) is 72.6. The fourth-order valence-corrected chi connectivity index (χ4v) is 34.5. The molecule has 0 saturated heterocycles. The van der Waals surface area contributed by atoms with Crippen LogP contribution in [-0.2, 0) is 14.4 Å². The Morgan fingerprint density at radius 3 is 0.717 bits per heavy atom. The third kappa shape index (κ3) is 9.63. The second-order valence-electron chi connectivity index (χ2n) is 43.6. The quantitative estimate of drug-likeness (QED) is 0.142. The third-order valence-corrected chi connectivity index (χ3v) is 40.4. The van der Waals surface area contributed by atoms with Gasteiger partial charge in [-0.2, -0.15) is 0 Å². The average molecular weight is 1370 g/mol.